The Balaban J connectivity index is 2.05. The minimum atomic E-state index is -0.906. The number of nitrogens with zero attached hydrogens (tertiary/aromatic N) is 2. The highest BCUT2D eigenvalue weighted by molar-refractivity contribution is 6.42. The molecule has 3 rings (SSSR count). The molecule has 0 saturated heterocycles. The number of hydrogen-bond acceptors (Lipinski definition) is 7. The molecule has 8 nitrogen and oxygen atoms in total. The van der Waals surface area contributed by atoms with E-state index < -0.39 is 24.2 Å². The van der Waals surface area contributed by atoms with Crippen LogP contribution in [0, 0.1) is 5.21 Å². The van der Waals surface area contributed by atoms with Crippen molar-refractivity contribution >= 4 is 46.2 Å². The molecular weight excluding hydrogens is 399 g/mol. The van der Waals surface area contributed by atoms with E-state index in [-0.39, 0.29) is 39.1 Å². The second kappa shape index (κ2) is 7.81. The number of fused-ring (bicyclic) bond motifs is 1. The van der Waals surface area contributed by atoms with Gasteiger partial charge in [-0.1, -0.05) is 23.2 Å². The van der Waals surface area contributed by atoms with E-state index in [9.17, 15) is 14.8 Å². The third-order valence-corrected chi connectivity index (χ3v) is 4.22. The summed E-state index contributed by atoms with van der Waals surface area (Å²) in [7, 11) is 0. The second-order valence-corrected chi connectivity index (χ2v) is 6.04. The molecule has 27 heavy (non-hydrogen) atoms. The summed E-state index contributed by atoms with van der Waals surface area (Å²) in [5.74, 6) is -1.71. The molecule has 2 aromatic heterocycles. The van der Waals surface area contributed by atoms with Gasteiger partial charge in [-0.25, -0.2) is 14.6 Å². The van der Waals surface area contributed by atoms with Crippen molar-refractivity contribution in [3.8, 4) is 0 Å². The number of carbonyl (C=O) groups is 2. The van der Waals surface area contributed by atoms with Crippen LogP contribution in [0.2, 0.25) is 10.0 Å². The minimum Gasteiger partial charge on any atom is -0.618 e. The van der Waals surface area contributed by atoms with Gasteiger partial charge < -0.3 is 19.1 Å². The summed E-state index contributed by atoms with van der Waals surface area (Å²) in [6.07, 6.45) is 1.31. The van der Waals surface area contributed by atoms with Crippen LogP contribution in [0.3, 0.4) is 0 Å². The Hall–Kier alpha value is -2.84. The third-order valence-electron chi connectivity index (χ3n) is 3.50. The van der Waals surface area contributed by atoms with E-state index in [0.717, 1.165) is 0 Å². The lowest BCUT2D eigenvalue weighted by Gasteiger charge is -2.11. The normalized spacial score (nSPS) is 10.8. The smallest absolute Gasteiger partial charge is 0.407 e. The molecule has 3 aromatic rings. The first-order valence-corrected chi connectivity index (χ1v) is 8.47. The molecule has 0 saturated carbocycles. The molecule has 0 radical (unpaired) electrons. The lowest BCUT2D eigenvalue weighted by Crippen LogP contribution is -2.39. The molecule has 140 valence electrons. The zero-order valence-electron chi connectivity index (χ0n) is 13.9. The molecule has 1 aromatic carbocycles. The van der Waals surface area contributed by atoms with Gasteiger partial charge in [0.05, 0.1) is 22.9 Å². The first-order valence-electron chi connectivity index (χ1n) is 7.71. The fourth-order valence-electron chi connectivity index (χ4n) is 2.31. The largest absolute Gasteiger partial charge is 0.618 e. The van der Waals surface area contributed by atoms with Gasteiger partial charge in [0.2, 0.25) is 11.3 Å². The van der Waals surface area contributed by atoms with Crippen molar-refractivity contribution in [2.24, 2.45) is 0 Å². The van der Waals surface area contributed by atoms with Crippen LogP contribution in [0.25, 0.3) is 11.0 Å². The van der Waals surface area contributed by atoms with Crippen molar-refractivity contribution in [3.63, 3.8) is 0 Å². The number of furan rings is 1. The average molecular weight is 411 g/mol. The van der Waals surface area contributed by atoms with Gasteiger partial charge >= 0.3 is 17.6 Å². The van der Waals surface area contributed by atoms with Gasteiger partial charge in [-0.05, 0) is 25.1 Å². The predicted molar refractivity (Wildman–Crippen MR) is 94.5 cm³/mol. The van der Waals surface area contributed by atoms with Crippen LogP contribution in [0.1, 0.15) is 33.7 Å². The molecule has 0 spiro atoms. The van der Waals surface area contributed by atoms with Crippen LogP contribution >= 0.6 is 23.2 Å². The van der Waals surface area contributed by atoms with Gasteiger partial charge in [0, 0.05) is 6.07 Å². The second-order valence-electron chi connectivity index (χ2n) is 5.23. The fraction of sp³-hybridized carbons (Fsp3) is 0.176. The highest BCUT2D eigenvalue weighted by Crippen LogP contribution is 2.26. The zero-order chi connectivity index (χ0) is 19.6. The maximum absolute atomic E-state index is 12.7. The SMILES string of the molecule is CCOC(=O)c1c(COC(=O)c2ccco2)nc2cc(Cl)c(Cl)cc2[n+]1[O-]. The molecule has 0 unspecified atom stereocenters. The van der Waals surface area contributed by atoms with E-state index in [1.807, 2.05) is 0 Å². The highest BCUT2D eigenvalue weighted by Gasteiger charge is 2.29. The Morgan fingerprint density at radius 1 is 1.22 bits per heavy atom. The lowest BCUT2D eigenvalue weighted by molar-refractivity contribution is -0.581. The Morgan fingerprint density at radius 3 is 2.63 bits per heavy atom. The summed E-state index contributed by atoms with van der Waals surface area (Å²) in [5, 5.41) is 13.0. The van der Waals surface area contributed by atoms with Crippen molar-refractivity contribution in [2.45, 2.75) is 13.5 Å². The van der Waals surface area contributed by atoms with Crippen LogP contribution in [0.15, 0.2) is 34.9 Å². The molecule has 0 N–H and O–H groups in total. The van der Waals surface area contributed by atoms with Crippen molar-refractivity contribution in [1.29, 1.82) is 0 Å². The van der Waals surface area contributed by atoms with E-state index in [2.05, 4.69) is 4.98 Å². The number of benzene rings is 1. The first-order chi connectivity index (χ1) is 12.9. The Labute approximate surface area is 162 Å². The van der Waals surface area contributed by atoms with Gasteiger partial charge in [0.1, 0.15) is 12.1 Å². The van der Waals surface area contributed by atoms with Crippen LogP contribution in [-0.2, 0) is 16.1 Å². The Bertz CT molecular complexity index is 1020. The Kier molecular flexibility index (Phi) is 5.48. The summed E-state index contributed by atoms with van der Waals surface area (Å²) in [4.78, 5) is 28.4. The summed E-state index contributed by atoms with van der Waals surface area (Å²) >= 11 is 11.9. The van der Waals surface area contributed by atoms with E-state index in [4.69, 9.17) is 37.1 Å². The van der Waals surface area contributed by atoms with Crippen LogP contribution in [-0.4, -0.2) is 23.5 Å². The van der Waals surface area contributed by atoms with Crippen molar-refractivity contribution in [2.75, 3.05) is 6.61 Å². The molecule has 0 aliphatic carbocycles. The third kappa shape index (κ3) is 3.81. The molecular formula is C17H12Cl2N2O6. The monoisotopic (exact) mass is 410 g/mol. The van der Waals surface area contributed by atoms with E-state index in [1.54, 1.807) is 6.92 Å². The lowest BCUT2D eigenvalue weighted by atomic mass is 10.2. The number of esters is 2. The van der Waals surface area contributed by atoms with Gasteiger partial charge in [-0.15, -0.1) is 0 Å². The minimum absolute atomic E-state index is 0.0218. The molecule has 10 heteroatoms. The number of hydrogen-bond donors (Lipinski definition) is 0. The van der Waals surface area contributed by atoms with Crippen LogP contribution in [0.4, 0.5) is 0 Å². The van der Waals surface area contributed by atoms with E-state index >= 15 is 0 Å². The molecule has 0 atom stereocenters. The molecule has 0 aliphatic rings. The summed E-state index contributed by atoms with van der Waals surface area (Å²) in [6.45, 7) is 1.19. The predicted octanol–water partition coefficient (Wildman–Crippen LogP) is 3.30. The molecule has 0 aliphatic heterocycles. The van der Waals surface area contributed by atoms with Crippen molar-refractivity contribution in [1.82, 2.24) is 4.98 Å². The van der Waals surface area contributed by atoms with Crippen molar-refractivity contribution < 1.29 is 28.2 Å². The zero-order valence-corrected chi connectivity index (χ0v) is 15.4. The molecule has 0 fully saturated rings. The van der Waals surface area contributed by atoms with Gasteiger partial charge in [-0.2, -0.15) is 4.73 Å². The Morgan fingerprint density at radius 2 is 1.96 bits per heavy atom. The van der Waals surface area contributed by atoms with Gasteiger partial charge in [0.25, 0.3) is 0 Å². The first kappa shape index (κ1) is 18.9. The molecule has 0 amide bonds. The number of aromatic nitrogens is 2. The van der Waals surface area contributed by atoms with E-state index in [1.165, 1.54) is 30.5 Å². The van der Waals surface area contributed by atoms with Crippen molar-refractivity contribution in [3.05, 3.63) is 62.9 Å². The number of halogens is 2. The number of ether oxygens (including phenoxy) is 2. The topological polar surface area (TPSA) is 106 Å². The summed E-state index contributed by atoms with van der Waals surface area (Å²) < 4.78 is 15.3. The maximum Gasteiger partial charge on any atom is 0.407 e. The van der Waals surface area contributed by atoms with Gasteiger partial charge in [0.15, 0.2) is 5.69 Å². The van der Waals surface area contributed by atoms with Crippen LogP contribution in [0.5, 0.6) is 0 Å². The molecule has 2 heterocycles. The average Bonchev–Trinajstić information content (AvgIpc) is 3.16. The highest BCUT2D eigenvalue weighted by atomic mass is 35.5. The van der Waals surface area contributed by atoms with Gasteiger partial charge in [-0.3, -0.25) is 0 Å². The maximum atomic E-state index is 12.7. The van der Waals surface area contributed by atoms with E-state index in [0.29, 0.717) is 4.73 Å². The van der Waals surface area contributed by atoms with Crippen LogP contribution < -0.4 is 4.73 Å². The number of carbonyl (C=O) groups excluding carboxylic acids is 2. The number of rotatable bonds is 5. The fourth-order valence-corrected chi connectivity index (χ4v) is 2.63. The standard InChI is InChI=1S/C17H12Cl2N2O6/c1-2-25-17(23)15-12(8-27-16(22)14-4-3-5-26-14)20-11-6-9(18)10(19)7-13(11)21(15)24/h3-7H,2,8H2,1H3. The molecule has 0 bridgehead atoms. The summed E-state index contributed by atoms with van der Waals surface area (Å²) in [5.41, 5.74) is -0.297. The quantitative estimate of drug-likeness (QED) is 0.360. The summed E-state index contributed by atoms with van der Waals surface area (Å²) in [6, 6.07) is 5.60.